The maximum atomic E-state index is 10.2. The molecule has 2 saturated heterocycles. The lowest BCUT2D eigenvalue weighted by molar-refractivity contribution is -0.385. The van der Waals surface area contributed by atoms with Gasteiger partial charge in [0, 0.05) is 14.2 Å². The number of ether oxygens (including phenoxy) is 5. The summed E-state index contributed by atoms with van der Waals surface area (Å²) in [5, 5.41) is 58.6. The molecule has 2 heterocycles. The van der Waals surface area contributed by atoms with Gasteiger partial charge in [-0.25, -0.2) is 0 Å². The summed E-state index contributed by atoms with van der Waals surface area (Å²) in [4.78, 5) is 0. The highest BCUT2D eigenvalue weighted by Gasteiger charge is 2.59. The molecule has 2 aliphatic rings. The summed E-state index contributed by atoms with van der Waals surface area (Å²) in [5.74, 6) is -1.76. The third-order valence-electron chi connectivity index (χ3n) is 4.42. The minimum absolute atomic E-state index is 0.256. The summed E-state index contributed by atoms with van der Waals surface area (Å²) in [7, 11) is 2.63. The van der Waals surface area contributed by atoms with Crippen LogP contribution in [0, 0.1) is 0 Å². The summed E-state index contributed by atoms with van der Waals surface area (Å²) in [6.45, 7) is -1.41. The maximum absolute atomic E-state index is 10.2. The largest absolute Gasteiger partial charge is 0.394 e. The first kappa shape index (κ1) is 20.9. The smallest absolute Gasteiger partial charge is 0.224 e. The number of hydrogen-bond donors (Lipinski definition) is 6. The van der Waals surface area contributed by atoms with Crippen molar-refractivity contribution in [3.63, 3.8) is 0 Å². The van der Waals surface area contributed by atoms with Crippen molar-refractivity contribution in [2.75, 3.05) is 34.0 Å². The van der Waals surface area contributed by atoms with E-state index < -0.39 is 68.0 Å². The Morgan fingerprint density at radius 2 is 1.52 bits per heavy atom. The van der Waals surface area contributed by atoms with Gasteiger partial charge in [0.15, 0.2) is 6.29 Å². The standard InChI is InChI=1S/C14H26O11/c1-21-5-14(12(22-2)9(18)7(4-16)24-14)25-13-11(20)10(19)8(17)6(3-15)23-13/h6-13,15-20H,3-5H2,1-2H3/t6-,7-,8-,9-,10+,11-,12+,13-,14+/m1/s1. The molecule has 0 saturated carbocycles. The fraction of sp³-hybridized carbons (Fsp3) is 1.00. The Kier molecular flexibility index (Phi) is 7.09. The normalized spacial score (nSPS) is 48.0. The van der Waals surface area contributed by atoms with Gasteiger partial charge in [0.25, 0.3) is 0 Å². The molecule has 0 amide bonds. The summed E-state index contributed by atoms with van der Waals surface area (Å²) < 4.78 is 26.8. The zero-order valence-corrected chi connectivity index (χ0v) is 14.0. The molecule has 11 heteroatoms. The van der Waals surface area contributed by atoms with Crippen LogP contribution in [0.1, 0.15) is 0 Å². The topological polar surface area (TPSA) is 168 Å². The van der Waals surface area contributed by atoms with E-state index in [0.717, 1.165) is 0 Å². The van der Waals surface area contributed by atoms with Crippen molar-refractivity contribution in [3.05, 3.63) is 0 Å². The van der Waals surface area contributed by atoms with Crippen LogP contribution in [-0.2, 0) is 23.7 Å². The van der Waals surface area contributed by atoms with Crippen molar-refractivity contribution in [3.8, 4) is 0 Å². The van der Waals surface area contributed by atoms with E-state index in [-0.39, 0.29) is 6.61 Å². The van der Waals surface area contributed by atoms with Crippen molar-refractivity contribution >= 4 is 0 Å². The first-order valence-corrected chi connectivity index (χ1v) is 7.82. The molecule has 0 bridgehead atoms. The molecule has 25 heavy (non-hydrogen) atoms. The fourth-order valence-corrected chi connectivity index (χ4v) is 3.12. The van der Waals surface area contributed by atoms with Crippen LogP contribution in [0.25, 0.3) is 0 Å². The third kappa shape index (κ3) is 3.82. The summed E-state index contributed by atoms with van der Waals surface area (Å²) in [6.07, 6.45) is -10.9. The molecule has 2 rings (SSSR count). The summed E-state index contributed by atoms with van der Waals surface area (Å²) in [5.41, 5.74) is 0. The average molecular weight is 370 g/mol. The van der Waals surface area contributed by atoms with E-state index in [0.29, 0.717) is 0 Å². The Morgan fingerprint density at radius 1 is 0.880 bits per heavy atom. The van der Waals surface area contributed by atoms with Gasteiger partial charge in [-0.05, 0) is 0 Å². The highest BCUT2D eigenvalue weighted by Crippen LogP contribution is 2.37. The second kappa shape index (κ2) is 8.50. The summed E-state index contributed by atoms with van der Waals surface area (Å²) in [6, 6.07) is 0. The van der Waals surface area contributed by atoms with E-state index in [2.05, 4.69) is 0 Å². The van der Waals surface area contributed by atoms with Gasteiger partial charge in [0.2, 0.25) is 5.79 Å². The van der Waals surface area contributed by atoms with Crippen LogP contribution in [-0.4, -0.2) is 119 Å². The monoisotopic (exact) mass is 370 g/mol. The molecular weight excluding hydrogens is 344 g/mol. The van der Waals surface area contributed by atoms with E-state index in [1.54, 1.807) is 0 Å². The molecular formula is C14H26O11. The number of aliphatic hydroxyl groups excluding tert-OH is 6. The Labute approximate surface area is 144 Å². The number of aliphatic hydroxyl groups is 6. The zero-order chi connectivity index (χ0) is 18.8. The van der Waals surface area contributed by atoms with Gasteiger partial charge in [-0.3, -0.25) is 0 Å². The molecule has 11 nitrogen and oxygen atoms in total. The van der Waals surface area contributed by atoms with Crippen molar-refractivity contribution < 1.29 is 54.3 Å². The van der Waals surface area contributed by atoms with Crippen LogP contribution in [0.5, 0.6) is 0 Å². The SMILES string of the molecule is COC[C@@]1(O[C@H]2O[C@H](CO)[C@@H](O)[C@H](O)[C@H]2O)O[C@H](CO)[C@@H](O)[C@@H]1OC. The summed E-state index contributed by atoms with van der Waals surface area (Å²) >= 11 is 0. The van der Waals surface area contributed by atoms with Gasteiger partial charge >= 0.3 is 0 Å². The lowest BCUT2D eigenvalue weighted by atomic mass is 9.99. The number of methoxy groups -OCH3 is 2. The van der Waals surface area contributed by atoms with Crippen molar-refractivity contribution in [1.29, 1.82) is 0 Å². The van der Waals surface area contributed by atoms with Gasteiger partial charge in [-0.1, -0.05) is 0 Å². The molecule has 148 valence electrons. The molecule has 0 aromatic carbocycles. The molecule has 0 radical (unpaired) electrons. The van der Waals surface area contributed by atoms with Gasteiger partial charge in [-0.15, -0.1) is 0 Å². The van der Waals surface area contributed by atoms with E-state index in [4.69, 9.17) is 23.7 Å². The van der Waals surface area contributed by atoms with Crippen LogP contribution in [0.15, 0.2) is 0 Å². The molecule has 0 spiro atoms. The lowest BCUT2D eigenvalue weighted by Gasteiger charge is -2.43. The second-order valence-corrected chi connectivity index (χ2v) is 6.05. The Morgan fingerprint density at radius 3 is 2.04 bits per heavy atom. The highest BCUT2D eigenvalue weighted by molar-refractivity contribution is 4.99. The molecule has 0 aliphatic carbocycles. The van der Waals surface area contributed by atoms with Crippen LogP contribution in [0.2, 0.25) is 0 Å². The third-order valence-corrected chi connectivity index (χ3v) is 4.42. The minimum atomic E-state index is -1.76. The first-order valence-electron chi connectivity index (χ1n) is 7.82. The highest BCUT2D eigenvalue weighted by atomic mass is 16.8. The Bertz CT molecular complexity index is 422. The fourth-order valence-electron chi connectivity index (χ4n) is 3.12. The Balaban J connectivity index is 2.25. The van der Waals surface area contributed by atoms with Gasteiger partial charge < -0.3 is 54.3 Å². The zero-order valence-electron chi connectivity index (χ0n) is 14.0. The molecule has 2 aliphatic heterocycles. The van der Waals surface area contributed by atoms with E-state index >= 15 is 0 Å². The Hall–Kier alpha value is -0.440. The van der Waals surface area contributed by atoms with Crippen LogP contribution in [0.3, 0.4) is 0 Å². The van der Waals surface area contributed by atoms with Gasteiger partial charge in [-0.2, -0.15) is 0 Å². The minimum Gasteiger partial charge on any atom is -0.394 e. The number of rotatable bonds is 7. The number of hydrogen-bond acceptors (Lipinski definition) is 11. The molecule has 9 atom stereocenters. The van der Waals surface area contributed by atoms with Crippen LogP contribution in [0.4, 0.5) is 0 Å². The molecule has 2 fully saturated rings. The van der Waals surface area contributed by atoms with E-state index in [1.165, 1.54) is 14.2 Å². The molecule has 6 N–H and O–H groups in total. The lowest BCUT2D eigenvalue weighted by Crippen LogP contribution is -2.63. The van der Waals surface area contributed by atoms with Crippen molar-refractivity contribution in [2.45, 2.75) is 54.8 Å². The van der Waals surface area contributed by atoms with Gasteiger partial charge in [0.05, 0.1) is 13.2 Å². The molecule has 0 aromatic heterocycles. The van der Waals surface area contributed by atoms with Gasteiger partial charge in [0.1, 0.15) is 49.3 Å². The predicted octanol–water partition coefficient (Wildman–Crippen LogP) is -4.09. The predicted molar refractivity (Wildman–Crippen MR) is 78.2 cm³/mol. The maximum Gasteiger partial charge on any atom is 0.224 e. The average Bonchev–Trinajstić information content (AvgIpc) is 2.86. The molecule has 0 aromatic rings. The quantitative estimate of drug-likeness (QED) is 0.258. The van der Waals surface area contributed by atoms with Crippen LogP contribution < -0.4 is 0 Å². The van der Waals surface area contributed by atoms with E-state index in [9.17, 15) is 30.6 Å². The molecule has 0 unspecified atom stereocenters. The van der Waals surface area contributed by atoms with Crippen molar-refractivity contribution in [1.82, 2.24) is 0 Å². The first-order chi connectivity index (χ1) is 11.8. The second-order valence-electron chi connectivity index (χ2n) is 6.05. The van der Waals surface area contributed by atoms with Crippen molar-refractivity contribution in [2.24, 2.45) is 0 Å². The van der Waals surface area contributed by atoms with E-state index in [1.807, 2.05) is 0 Å². The van der Waals surface area contributed by atoms with Crippen LogP contribution >= 0.6 is 0 Å².